The number of rotatable bonds is 0. The number of fused-ring (bicyclic) bond motifs is 1. The first-order valence-corrected chi connectivity index (χ1v) is 4.25. The molecule has 56 valence electrons. The van der Waals surface area contributed by atoms with E-state index in [9.17, 15) is 0 Å². The van der Waals surface area contributed by atoms with E-state index in [1.807, 2.05) is 0 Å². The van der Waals surface area contributed by atoms with Gasteiger partial charge in [0, 0.05) is 26.1 Å². The molecule has 2 heterocycles. The van der Waals surface area contributed by atoms with Gasteiger partial charge in [0.25, 0.3) is 0 Å². The summed E-state index contributed by atoms with van der Waals surface area (Å²) in [4.78, 5) is 6.95. The maximum absolute atomic E-state index is 4.49. The van der Waals surface area contributed by atoms with Gasteiger partial charge in [-0.25, -0.2) is 0 Å². The van der Waals surface area contributed by atoms with E-state index < -0.39 is 0 Å². The molecule has 2 aliphatic rings. The molecule has 10 heavy (non-hydrogen) atoms. The van der Waals surface area contributed by atoms with Crippen molar-refractivity contribution in [2.24, 2.45) is 4.99 Å². The Balaban J connectivity index is 2.08. The van der Waals surface area contributed by atoms with Crippen LogP contribution in [0.2, 0.25) is 0 Å². The zero-order chi connectivity index (χ0) is 6.81. The van der Waals surface area contributed by atoms with E-state index >= 15 is 0 Å². The van der Waals surface area contributed by atoms with Gasteiger partial charge in [-0.2, -0.15) is 0 Å². The van der Waals surface area contributed by atoms with E-state index in [1.54, 1.807) is 0 Å². The lowest BCUT2D eigenvalue weighted by atomic mass is 10.1. The summed E-state index contributed by atoms with van der Waals surface area (Å²) in [5.41, 5.74) is 0. The van der Waals surface area contributed by atoms with Gasteiger partial charge >= 0.3 is 0 Å². The van der Waals surface area contributed by atoms with Crippen molar-refractivity contribution in [3.8, 4) is 0 Å². The lowest BCUT2D eigenvalue weighted by Gasteiger charge is -2.32. The molecule has 0 saturated carbocycles. The molecule has 1 fully saturated rings. The Hall–Kier alpha value is -0.530. The first kappa shape index (κ1) is 6.20. The van der Waals surface area contributed by atoms with E-state index in [0.717, 1.165) is 6.54 Å². The summed E-state index contributed by atoms with van der Waals surface area (Å²) in [5.74, 6) is 1.39. The van der Waals surface area contributed by atoms with Gasteiger partial charge in [0.2, 0.25) is 0 Å². The molecule has 0 aromatic carbocycles. The highest BCUT2D eigenvalue weighted by Crippen LogP contribution is 2.15. The van der Waals surface area contributed by atoms with Crippen molar-refractivity contribution in [1.29, 1.82) is 0 Å². The van der Waals surface area contributed by atoms with Crippen molar-refractivity contribution in [3.63, 3.8) is 0 Å². The summed E-state index contributed by atoms with van der Waals surface area (Å²) >= 11 is 0. The van der Waals surface area contributed by atoms with E-state index in [4.69, 9.17) is 0 Å². The monoisotopic (exact) mass is 138 g/mol. The molecule has 0 unspecified atom stereocenters. The van der Waals surface area contributed by atoms with Crippen LogP contribution in [0.4, 0.5) is 0 Å². The highest BCUT2D eigenvalue weighted by atomic mass is 15.2. The fourth-order valence-electron chi connectivity index (χ4n) is 1.76. The van der Waals surface area contributed by atoms with Crippen LogP contribution in [0.5, 0.6) is 0 Å². The second kappa shape index (κ2) is 2.60. The van der Waals surface area contributed by atoms with Crippen LogP contribution >= 0.6 is 0 Å². The van der Waals surface area contributed by atoms with Crippen LogP contribution in [0, 0.1) is 0 Å². The molecule has 0 spiro atoms. The van der Waals surface area contributed by atoms with Crippen LogP contribution in [0.3, 0.4) is 0 Å². The minimum atomic E-state index is 1.08. The number of amidine groups is 1. The van der Waals surface area contributed by atoms with Gasteiger partial charge in [0.15, 0.2) is 0 Å². The maximum Gasteiger partial charge on any atom is 0.0988 e. The number of hydrogen-bond donors (Lipinski definition) is 0. The number of nitrogens with zero attached hydrogens (tertiary/aromatic N) is 2. The summed E-state index contributed by atoms with van der Waals surface area (Å²) in [7, 11) is 0. The largest absolute Gasteiger partial charge is 0.360 e. The Labute approximate surface area is 61.9 Å². The zero-order valence-electron chi connectivity index (χ0n) is 6.34. The molecule has 2 aliphatic heterocycles. The van der Waals surface area contributed by atoms with Gasteiger partial charge in [0.05, 0.1) is 5.84 Å². The second-order valence-corrected chi connectivity index (χ2v) is 3.10. The standard InChI is InChI=1S/C8H14N2/c1-2-6-10-7-3-5-9-8(10)4-1/h1-7H2. The van der Waals surface area contributed by atoms with Gasteiger partial charge in [-0.15, -0.1) is 0 Å². The SMILES string of the molecule is C1CCN2CCCN=C2C1. The Morgan fingerprint density at radius 2 is 2.00 bits per heavy atom. The minimum Gasteiger partial charge on any atom is -0.360 e. The second-order valence-electron chi connectivity index (χ2n) is 3.10. The Morgan fingerprint density at radius 1 is 1.10 bits per heavy atom. The fourth-order valence-corrected chi connectivity index (χ4v) is 1.76. The van der Waals surface area contributed by atoms with Gasteiger partial charge in [-0.3, -0.25) is 4.99 Å². The van der Waals surface area contributed by atoms with Crippen molar-refractivity contribution < 1.29 is 0 Å². The van der Waals surface area contributed by atoms with Crippen LogP contribution in [0.25, 0.3) is 0 Å². The van der Waals surface area contributed by atoms with Crippen LogP contribution in [0.15, 0.2) is 4.99 Å². The van der Waals surface area contributed by atoms with Crippen LogP contribution < -0.4 is 0 Å². The Bertz CT molecular complexity index is 151. The topological polar surface area (TPSA) is 15.6 Å². The zero-order valence-corrected chi connectivity index (χ0v) is 6.34. The summed E-state index contributed by atoms with van der Waals surface area (Å²) < 4.78 is 0. The quantitative estimate of drug-likeness (QED) is 0.492. The Morgan fingerprint density at radius 3 is 2.90 bits per heavy atom. The molecule has 0 atom stereocenters. The molecular formula is C8H14N2. The average molecular weight is 138 g/mol. The van der Waals surface area contributed by atoms with E-state index in [2.05, 4.69) is 9.89 Å². The molecule has 2 heteroatoms. The molecule has 2 nitrogen and oxygen atoms in total. The molecular weight excluding hydrogens is 124 g/mol. The molecule has 0 bridgehead atoms. The Kier molecular flexibility index (Phi) is 1.61. The predicted molar refractivity (Wildman–Crippen MR) is 42.3 cm³/mol. The van der Waals surface area contributed by atoms with E-state index in [1.165, 1.54) is 44.6 Å². The summed E-state index contributed by atoms with van der Waals surface area (Å²) in [6.45, 7) is 3.60. The van der Waals surface area contributed by atoms with Gasteiger partial charge < -0.3 is 4.90 Å². The molecule has 0 amide bonds. The molecule has 0 N–H and O–H groups in total. The van der Waals surface area contributed by atoms with Crippen LogP contribution in [-0.2, 0) is 0 Å². The smallest absolute Gasteiger partial charge is 0.0988 e. The molecule has 2 rings (SSSR count). The van der Waals surface area contributed by atoms with Crippen LogP contribution in [-0.4, -0.2) is 30.4 Å². The highest BCUT2D eigenvalue weighted by molar-refractivity contribution is 5.83. The normalized spacial score (nSPS) is 25.6. The van der Waals surface area contributed by atoms with Crippen LogP contribution in [0.1, 0.15) is 25.7 Å². The van der Waals surface area contributed by atoms with E-state index in [-0.39, 0.29) is 0 Å². The van der Waals surface area contributed by atoms with Crippen molar-refractivity contribution in [1.82, 2.24) is 4.90 Å². The number of piperidine rings is 1. The number of aliphatic imine (C=N–C) groups is 1. The van der Waals surface area contributed by atoms with Crippen molar-refractivity contribution in [2.75, 3.05) is 19.6 Å². The van der Waals surface area contributed by atoms with Gasteiger partial charge in [0.1, 0.15) is 0 Å². The lowest BCUT2D eigenvalue weighted by molar-refractivity contribution is 0.350. The van der Waals surface area contributed by atoms with E-state index in [0.29, 0.717) is 0 Å². The molecule has 0 aromatic rings. The first-order valence-electron chi connectivity index (χ1n) is 4.25. The summed E-state index contributed by atoms with van der Waals surface area (Å²) in [6.07, 6.45) is 5.23. The van der Waals surface area contributed by atoms with Crippen molar-refractivity contribution in [3.05, 3.63) is 0 Å². The lowest BCUT2D eigenvalue weighted by Crippen LogP contribution is -2.39. The van der Waals surface area contributed by atoms with Crippen molar-refractivity contribution in [2.45, 2.75) is 25.7 Å². The summed E-state index contributed by atoms with van der Waals surface area (Å²) in [6, 6.07) is 0. The van der Waals surface area contributed by atoms with Crippen molar-refractivity contribution >= 4 is 5.84 Å². The third-order valence-corrected chi connectivity index (χ3v) is 2.32. The minimum absolute atomic E-state index is 1.08. The number of hydrogen-bond acceptors (Lipinski definition) is 2. The fraction of sp³-hybridized carbons (Fsp3) is 0.875. The molecule has 0 aliphatic carbocycles. The molecule has 0 radical (unpaired) electrons. The average Bonchev–Trinajstić information content (AvgIpc) is 2.05. The third-order valence-electron chi connectivity index (χ3n) is 2.32. The molecule has 1 saturated heterocycles. The predicted octanol–water partition coefficient (Wildman–Crippen LogP) is 1.27. The van der Waals surface area contributed by atoms with Gasteiger partial charge in [-0.05, 0) is 19.3 Å². The third kappa shape index (κ3) is 1.02. The first-order chi connectivity index (χ1) is 4.97. The highest BCUT2D eigenvalue weighted by Gasteiger charge is 2.17. The summed E-state index contributed by atoms with van der Waals surface area (Å²) in [5, 5.41) is 0. The molecule has 0 aromatic heterocycles. The maximum atomic E-state index is 4.49. The van der Waals surface area contributed by atoms with Gasteiger partial charge in [-0.1, -0.05) is 0 Å².